The molecule has 1 amide bonds. The number of aliphatic hydroxyl groups excluding tert-OH is 1. The van der Waals surface area contributed by atoms with E-state index in [9.17, 15) is 19.0 Å². The third-order valence-corrected chi connectivity index (χ3v) is 10.6. The van der Waals surface area contributed by atoms with E-state index in [4.69, 9.17) is 9.47 Å². The molecule has 10 heteroatoms. The van der Waals surface area contributed by atoms with Crippen LogP contribution in [0.5, 0.6) is 11.5 Å². The minimum absolute atomic E-state index is 0.249. The number of amides is 1. The molecule has 0 unspecified atom stereocenters. The molecule has 5 N–H and O–H groups in total. The van der Waals surface area contributed by atoms with E-state index in [0.717, 1.165) is 42.4 Å². The molecule has 1 aliphatic carbocycles. The number of carbonyl (C=O) groups is 1. The lowest BCUT2D eigenvalue weighted by atomic mass is 9.94. The van der Waals surface area contributed by atoms with Gasteiger partial charge in [-0.05, 0) is 78.6 Å². The summed E-state index contributed by atoms with van der Waals surface area (Å²) in [6.45, 7) is 1.27. The Kier molecular flexibility index (Phi) is 10.7. The Morgan fingerprint density at radius 3 is 2.30 bits per heavy atom. The largest absolute Gasteiger partial charge is 0.497 e. The van der Waals surface area contributed by atoms with Crippen molar-refractivity contribution in [2.45, 2.75) is 63.1 Å². The highest BCUT2D eigenvalue weighted by molar-refractivity contribution is 8.25. The van der Waals surface area contributed by atoms with Gasteiger partial charge in [0.2, 0.25) is 0 Å². The molecule has 1 heterocycles. The molecule has 5 rings (SSSR count). The van der Waals surface area contributed by atoms with Gasteiger partial charge in [-0.2, -0.15) is 0 Å². The molecular formula is C34H45N3O6S. The molecule has 3 aromatic rings. The average Bonchev–Trinajstić information content (AvgIpc) is 3.70. The Hall–Kier alpha value is -3.28. The van der Waals surface area contributed by atoms with Crippen LogP contribution in [-0.2, 0) is 13.0 Å². The molecule has 1 aliphatic heterocycles. The number of nitrogens with zero attached hydrogens (tertiary/aromatic N) is 1. The van der Waals surface area contributed by atoms with E-state index in [2.05, 4.69) is 10.6 Å². The van der Waals surface area contributed by atoms with Crippen molar-refractivity contribution in [1.29, 1.82) is 0 Å². The molecule has 1 saturated carbocycles. The molecule has 238 valence electrons. The molecule has 0 spiro atoms. The topological polar surface area (TPSA) is 124 Å². The maximum Gasteiger partial charge on any atom is 0.251 e. The van der Waals surface area contributed by atoms with E-state index >= 15 is 0 Å². The zero-order valence-electron chi connectivity index (χ0n) is 25.6. The Morgan fingerprint density at radius 2 is 1.66 bits per heavy atom. The van der Waals surface area contributed by atoms with Crippen LogP contribution in [0.3, 0.4) is 0 Å². The van der Waals surface area contributed by atoms with Gasteiger partial charge in [0.1, 0.15) is 11.5 Å². The second kappa shape index (κ2) is 14.7. The van der Waals surface area contributed by atoms with Crippen molar-refractivity contribution in [1.82, 2.24) is 10.6 Å². The first-order chi connectivity index (χ1) is 21.3. The average molecular weight is 624 g/mol. The van der Waals surface area contributed by atoms with Crippen molar-refractivity contribution in [2.75, 3.05) is 37.4 Å². The SMILES string of the molecule is COc1cc(CNC[C@@H](O)[C@H](Cc2ccccc2)NC(=O)c2cc(C3CCCC3)cc(N3CCCS3(O)O)c2)cc(OC)c1. The number of aliphatic hydroxyl groups is 1. The van der Waals surface area contributed by atoms with Crippen molar-refractivity contribution >= 4 is 22.4 Å². The third-order valence-electron chi connectivity index (χ3n) is 8.62. The van der Waals surface area contributed by atoms with Gasteiger partial charge in [0.15, 0.2) is 0 Å². The van der Waals surface area contributed by atoms with Crippen LogP contribution in [0.2, 0.25) is 0 Å². The maximum absolute atomic E-state index is 13.9. The zero-order chi connectivity index (χ0) is 31.1. The molecule has 0 bridgehead atoms. The number of rotatable bonds is 13. The number of hydrogen-bond acceptors (Lipinski definition) is 8. The number of nitrogens with one attached hydrogen (secondary N) is 2. The van der Waals surface area contributed by atoms with Crippen LogP contribution in [0.15, 0.2) is 66.7 Å². The molecule has 44 heavy (non-hydrogen) atoms. The number of anilines is 1. The van der Waals surface area contributed by atoms with Gasteiger partial charge in [0.25, 0.3) is 5.91 Å². The van der Waals surface area contributed by atoms with E-state index in [1.165, 1.54) is 0 Å². The number of methoxy groups -OCH3 is 2. The van der Waals surface area contributed by atoms with Gasteiger partial charge in [-0.15, -0.1) is 10.8 Å². The van der Waals surface area contributed by atoms with Crippen LogP contribution in [0, 0.1) is 0 Å². The fourth-order valence-electron chi connectivity index (χ4n) is 6.24. The molecule has 2 aliphatic rings. The van der Waals surface area contributed by atoms with Crippen LogP contribution in [-0.4, -0.2) is 65.3 Å². The Morgan fingerprint density at radius 1 is 0.955 bits per heavy atom. The summed E-state index contributed by atoms with van der Waals surface area (Å²) < 4.78 is 33.8. The van der Waals surface area contributed by atoms with Crippen LogP contribution < -0.4 is 24.4 Å². The molecule has 0 radical (unpaired) electrons. The van der Waals surface area contributed by atoms with Crippen molar-refractivity contribution in [3.8, 4) is 11.5 Å². The molecule has 2 fully saturated rings. The first-order valence-corrected chi connectivity index (χ1v) is 17.1. The summed E-state index contributed by atoms with van der Waals surface area (Å²) in [6.07, 6.45) is 4.67. The van der Waals surface area contributed by atoms with E-state index in [1.54, 1.807) is 24.6 Å². The minimum atomic E-state index is -2.90. The Labute approximate surface area is 262 Å². The summed E-state index contributed by atoms with van der Waals surface area (Å²) in [6, 6.07) is 20.6. The molecule has 3 aromatic carbocycles. The van der Waals surface area contributed by atoms with Crippen LogP contribution in [0.25, 0.3) is 0 Å². The quantitative estimate of drug-likeness (QED) is 0.164. The van der Waals surface area contributed by atoms with Gasteiger partial charge in [-0.1, -0.05) is 43.2 Å². The van der Waals surface area contributed by atoms with Crippen molar-refractivity contribution in [3.05, 3.63) is 89.0 Å². The second-order valence-electron chi connectivity index (χ2n) is 11.8. The third kappa shape index (κ3) is 8.05. The molecule has 0 aromatic heterocycles. The predicted octanol–water partition coefficient (Wildman–Crippen LogP) is 5.73. The summed E-state index contributed by atoms with van der Waals surface area (Å²) in [4.78, 5) is 13.9. The van der Waals surface area contributed by atoms with E-state index in [0.29, 0.717) is 60.4 Å². The lowest BCUT2D eigenvalue weighted by Crippen LogP contribution is -2.48. The van der Waals surface area contributed by atoms with Gasteiger partial charge in [-0.3, -0.25) is 18.2 Å². The van der Waals surface area contributed by atoms with Crippen LogP contribution >= 0.6 is 10.8 Å². The van der Waals surface area contributed by atoms with Gasteiger partial charge >= 0.3 is 0 Å². The number of benzene rings is 3. The number of hydrogen-bond donors (Lipinski definition) is 5. The summed E-state index contributed by atoms with van der Waals surface area (Å²) in [7, 11) is 0.308. The summed E-state index contributed by atoms with van der Waals surface area (Å²) in [5.74, 6) is 1.76. The first-order valence-electron chi connectivity index (χ1n) is 15.4. The normalized spacial score (nSPS) is 18.5. The smallest absolute Gasteiger partial charge is 0.251 e. The van der Waals surface area contributed by atoms with E-state index in [1.807, 2.05) is 60.7 Å². The summed E-state index contributed by atoms with van der Waals surface area (Å²) in [5.41, 5.74) is 4.14. The van der Waals surface area contributed by atoms with Crippen molar-refractivity contribution in [3.63, 3.8) is 0 Å². The highest BCUT2D eigenvalue weighted by Crippen LogP contribution is 2.51. The second-order valence-corrected chi connectivity index (χ2v) is 13.9. The summed E-state index contributed by atoms with van der Waals surface area (Å²) >= 11 is 0. The lowest BCUT2D eigenvalue weighted by Gasteiger charge is -2.38. The van der Waals surface area contributed by atoms with Gasteiger partial charge in [0, 0.05) is 31.3 Å². The van der Waals surface area contributed by atoms with Gasteiger partial charge in [-0.25, -0.2) is 0 Å². The Balaban J connectivity index is 1.34. The maximum atomic E-state index is 13.9. The number of carbonyl (C=O) groups excluding carboxylic acids is 1. The van der Waals surface area contributed by atoms with Gasteiger partial charge in [0.05, 0.1) is 37.8 Å². The minimum Gasteiger partial charge on any atom is -0.497 e. The molecule has 1 saturated heterocycles. The fourth-order valence-corrected chi connectivity index (χ4v) is 7.84. The van der Waals surface area contributed by atoms with Crippen molar-refractivity contribution in [2.24, 2.45) is 0 Å². The standard InChI is InChI=1S/C34H45N3O6S/c1-42-30-15-25(16-31(21-30)43-2)22-35-23-33(38)32(17-24-9-4-3-5-10-24)36-34(39)28-18-27(26-11-6-7-12-26)19-29(20-28)37-13-8-14-44(37,40)41/h3-5,9-10,15-16,18-21,26,32-33,35,38,40-41H,6-8,11-14,17,22-23H2,1-2H3,(H,36,39)/t32-,33+/m0/s1. The molecule has 9 nitrogen and oxygen atoms in total. The fraction of sp³-hybridized carbons (Fsp3) is 0.441. The first kappa shape index (κ1) is 32.1. The van der Waals surface area contributed by atoms with Crippen LogP contribution in [0.1, 0.15) is 65.1 Å². The van der Waals surface area contributed by atoms with Crippen LogP contribution in [0.4, 0.5) is 5.69 Å². The Bertz CT molecular complexity index is 1380. The molecule has 2 atom stereocenters. The summed E-state index contributed by atoms with van der Waals surface area (Å²) in [5, 5.41) is 17.8. The van der Waals surface area contributed by atoms with Gasteiger partial charge < -0.3 is 25.2 Å². The van der Waals surface area contributed by atoms with E-state index < -0.39 is 22.9 Å². The predicted molar refractivity (Wildman–Crippen MR) is 176 cm³/mol. The molecular weight excluding hydrogens is 578 g/mol. The monoisotopic (exact) mass is 623 g/mol. The highest BCUT2D eigenvalue weighted by Gasteiger charge is 2.31. The highest BCUT2D eigenvalue weighted by atomic mass is 32.3. The van der Waals surface area contributed by atoms with E-state index in [-0.39, 0.29) is 12.5 Å². The number of ether oxygens (including phenoxy) is 2. The van der Waals surface area contributed by atoms with Crippen molar-refractivity contribution < 1.29 is 28.5 Å². The lowest BCUT2D eigenvalue weighted by molar-refractivity contribution is 0.0830. The zero-order valence-corrected chi connectivity index (χ0v) is 26.4.